The van der Waals surface area contributed by atoms with E-state index in [1.807, 2.05) is 24.3 Å². The standard InChI is InChI=1S/C28H37N3O5/c1-8-30(9-2)14-15-31-24(20-12-10-19(11-13-20)16(3)4)22(26(33)27(31)34)25(32)21-17(5)23(28(35)36-7)29-18(21)6/h10-13,16,24,29,32H,8-9,14-15H2,1-7H3/b25-22+/t24-/m0/s1. The van der Waals surface area contributed by atoms with Crippen molar-refractivity contribution >= 4 is 23.4 Å². The Morgan fingerprint density at radius 1 is 1.14 bits per heavy atom. The van der Waals surface area contributed by atoms with Crippen molar-refractivity contribution in [3.8, 4) is 0 Å². The number of amides is 1. The number of aliphatic hydroxyl groups excluding tert-OH is 1. The minimum absolute atomic E-state index is 0.0264. The van der Waals surface area contributed by atoms with E-state index in [4.69, 9.17) is 4.74 Å². The molecule has 8 nitrogen and oxygen atoms in total. The quantitative estimate of drug-likeness (QED) is 0.233. The first kappa shape index (κ1) is 27.2. The van der Waals surface area contributed by atoms with E-state index in [9.17, 15) is 19.5 Å². The molecular formula is C28H37N3O5. The van der Waals surface area contributed by atoms with Gasteiger partial charge in [-0.25, -0.2) is 4.79 Å². The van der Waals surface area contributed by atoms with Crippen LogP contribution in [0.4, 0.5) is 0 Å². The maximum atomic E-state index is 13.4. The lowest BCUT2D eigenvalue weighted by atomic mass is 9.92. The Balaban J connectivity index is 2.18. The number of Topliss-reactive ketones (excluding diaryl/α,β-unsaturated/α-hetero) is 1. The van der Waals surface area contributed by atoms with E-state index in [2.05, 4.69) is 37.6 Å². The Hall–Kier alpha value is -3.39. The van der Waals surface area contributed by atoms with Gasteiger partial charge in [0, 0.05) is 24.3 Å². The summed E-state index contributed by atoms with van der Waals surface area (Å²) in [5.74, 6) is -1.91. The Morgan fingerprint density at radius 2 is 1.75 bits per heavy atom. The Bertz CT molecular complexity index is 1170. The van der Waals surface area contributed by atoms with Gasteiger partial charge in [0.15, 0.2) is 0 Å². The fourth-order valence-electron chi connectivity index (χ4n) is 4.86. The van der Waals surface area contributed by atoms with E-state index in [0.29, 0.717) is 35.8 Å². The Morgan fingerprint density at radius 3 is 2.28 bits per heavy atom. The average Bonchev–Trinajstić information content (AvgIpc) is 3.30. The molecule has 2 N–H and O–H groups in total. The van der Waals surface area contributed by atoms with Crippen molar-refractivity contribution in [2.24, 2.45) is 0 Å². The van der Waals surface area contributed by atoms with Gasteiger partial charge in [-0.15, -0.1) is 0 Å². The zero-order valence-electron chi connectivity index (χ0n) is 22.3. The van der Waals surface area contributed by atoms with Gasteiger partial charge in [-0.05, 0) is 49.5 Å². The van der Waals surface area contributed by atoms with Crippen molar-refractivity contribution in [3.63, 3.8) is 0 Å². The molecular weight excluding hydrogens is 458 g/mol. The molecule has 2 aromatic rings. The predicted molar refractivity (Wildman–Crippen MR) is 139 cm³/mol. The van der Waals surface area contributed by atoms with E-state index in [1.54, 1.807) is 18.7 Å². The minimum Gasteiger partial charge on any atom is -0.507 e. The van der Waals surface area contributed by atoms with Gasteiger partial charge in [0.25, 0.3) is 11.7 Å². The Kier molecular flexibility index (Phi) is 8.40. The van der Waals surface area contributed by atoms with Gasteiger partial charge in [-0.1, -0.05) is 52.0 Å². The van der Waals surface area contributed by atoms with Crippen LogP contribution in [0.5, 0.6) is 0 Å². The molecule has 1 amide bonds. The van der Waals surface area contributed by atoms with Crippen LogP contribution in [0, 0.1) is 13.8 Å². The predicted octanol–water partition coefficient (Wildman–Crippen LogP) is 4.31. The molecule has 0 saturated carbocycles. The lowest BCUT2D eigenvalue weighted by Crippen LogP contribution is -2.38. The largest absolute Gasteiger partial charge is 0.507 e. The first-order valence-electron chi connectivity index (χ1n) is 12.5. The molecule has 0 radical (unpaired) electrons. The zero-order valence-corrected chi connectivity index (χ0v) is 22.3. The third-order valence-corrected chi connectivity index (χ3v) is 7.07. The molecule has 194 valence electrons. The highest BCUT2D eigenvalue weighted by atomic mass is 16.5. The number of ketones is 1. The summed E-state index contributed by atoms with van der Waals surface area (Å²) in [7, 11) is 1.28. The molecule has 1 aromatic carbocycles. The van der Waals surface area contributed by atoms with Crippen molar-refractivity contribution < 1.29 is 24.2 Å². The first-order chi connectivity index (χ1) is 17.1. The summed E-state index contributed by atoms with van der Waals surface area (Å²) in [4.78, 5) is 45.5. The van der Waals surface area contributed by atoms with E-state index in [0.717, 1.165) is 24.2 Å². The molecule has 1 aliphatic heterocycles. The fraction of sp³-hybridized carbons (Fsp3) is 0.464. The van der Waals surface area contributed by atoms with Crippen molar-refractivity contribution in [2.45, 2.75) is 53.5 Å². The maximum absolute atomic E-state index is 13.4. The summed E-state index contributed by atoms with van der Waals surface area (Å²) in [6, 6.07) is 7.08. The number of aryl methyl sites for hydroxylation is 1. The molecule has 1 aromatic heterocycles. The smallest absolute Gasteiger partial charge is 0.354 e. The number of likely N-dealkylation sites (tertiary alicyclic amines) is 1. The van der Waals surface area contributed by atoms with Crippen LogP contribution in [0.1, 0.15) is 78.1 Å². The molecule has 0 bridgehead atoms. The number of H-pyrrole nitrogens is 1. The number of hydrogen-bond acceptors (Lipinski definition) is 6. The second-order valence-corrected chi connectivity index (χ2v) is 9.46. The van der Waals surface area contributed by atoms with Crippen LogP contribution in [0.2, 0.25) is 0 Å². The van der Waals surface area contributed by atoms with Crippen LogP contribution in [0.25, 0.3) is 5.76 Å². The summed E-state index contributed by atoms with van der Waals surface area (Å²) in [6.07, 6.45) is 0. The summed E-state index contributed by atoms with van der Waals surface area (Å²) in [6.45, 7) is 14.3. The van der Waals surface area contributed by atoms with Crippen molar-refractivity contribution in [1.29, 1.82) is 0 Å². The third kappa shape index (κ3) is 4.95. The normalized spacial score (nSPS) is 17.5. The molecule has 1 saturated heterocycles. The number of aromatic nitrogens is 1. The highest BCUT2D eigenvalue weighted by Crippen LogP contribution is 2.41. The highest BCUT2D eigenvalue weighted by molar-refractivity contribution is 6.46. The van der Waals surface area contributed by atoms with E-state index >= 15 is 0 Å². The molecule has 1 aliphatic rings. The van der Waals surface area contributed by atoms with Gasteiger partial charge in [0.1, 0.15) is 11.5 Å². The van der Waals surface area contributed by atoms with E-state index in [-0.39, 0.29) is 17.0 Å². The van der Waals surface area contributed by atoms with Gasteiger partial charge in [0.05, 0.1) is 18.7 Å². The van der Waals surface area contributed by atoms with Crippen LogP contribution in [-0.2, 0) is 14.3 Å². The van der Waals surface area contributed by atoms with Gasteiger partial charge in [-0.3, -0.25) is 9.59 Å². The number of hydrogen-bond donors (Lipinski definition) is 2. The molecule has 8 heteroatoms. The van der Waals surface area contributed by atoms with Gasteiger partial charge in [0.2, 0.25) is 0 Å². The number of aromatic amines is 1. The number of benzene rings is 1. The topological polar surface area (TPSA) is 103 Å². The van der Waals surface area contributed by atoms with Gasteiger partial charge < -0.3 is 24.6 Å². The number of carbonyl (C=O) groups is 3. The van der Waals surface area contributed by atoms with Crippen LogP contribution in [0.15, 0.2) is 29.8 Å². The number of nitrogens with one attached hydrogen (secondary N) is 1. The SMILES string of the molecule is CCN(CC)CCN1C(=O)C(=O)/C(=C(/O)c2c(C)[nH]c(C(=O)OC)c2C)[C@@H]1c1ccc(C(C)C)cc1. The molecule has 1 fully saturated rings. The van der Waals surface area contributed by atoms with E-state index in [1.165, 1.54) is 7.11 Å². The average molecular weight is 496 g/mol. The second-order valence-electron chi connectivity index (χ2n) is 9.46. The van der Waals surface area contributed by atoms with Crippen molar-refractivity contribution in [3.05, 3.63) is 63.5 Å². The number of methoxy groups -OCH3 is 1. The minimum atomic E-state index is -0.739. The third-order valence-electron chi connectivity index (χ3n) is 7.07. The van der Waals surface area contributed by atoms with Crippen molar-refractivity contribution in [1.82, 2.24) is 14.8 Å². The first-order valence-corrected chi connectivity index (χ1v) is 12.5. The lowest BCUT2D eigenvalue weighted by molar-refractivity contribution is -0.140. The number of esters is 1. The summed E-state index contributed by atoms with van der Waals surface area (Å²) in [5, 5.41) is 11.5. The zero-order chi connectivity index (χ0) is 26.7. The molecule has 36 heavy (non-hydrogen) atoms. The molecule has 3 rings (SSSR count). The van der Waals surface area contributed by atoms with Gasteiger partial charge >= 0.3 is 5.97 Å². The molecule has 2 heterocycles. The lowest BCUT2D eigenvalue weighted by Gasteiger charge is -2.28. The van der Waals surface area contributed by atoms with Crippen LogP contribution < -0.4 is 0 Å². The second kappa shape index (κ2) is 11.1. The monoisotopic (exact) mass is 495 g/mol. The fourth-order valence-corrected chi connectivity index (χ4v) is 4.86. The number of nitrogens with zero attached hydrogens (tertiary/aromatic N) is 2. The summed E-state index contributed by atoms with van der Waals surface area (Å²) >= 11 is 0. The Labute approximate surface area is 212 Å². The molecule has 0 aliphatic carbocycles. The number of carbonyl (C=O) groups excluding carboxylic acids is 3. The van der Waals surface area contributed by atoms with Crippen LogP contribution in [0.3, 0.4) is 0 Å². The maximum Gasteiger partial charge on any atom is 0.354 e. The number of likely N-dealkylation sites (N-methyl/N-ethyl adjacent to an activating group) is 1. The highest BCUT2D eigenvalue weighted by Gasteiger charge is 2.46. The van der Waals surface area contributed by atoms with Gasteiger partial charge in [-0.2, -0.15) is 0 Å². The van der Waals surface area contributed by atoms with E-state index < -0.39 is 23.7 Å². The van der Waals surface area contributed by atoms with Crippen LogP contribution in [-0.4, -0.2) is 70.8 Å². The molecule has 1 atom stereocenters. The molecule has 0 unspecified atom stereocenters. The number of rotatable bonds is 9. The summed E-state index contributed by atoms with van der Waals surface area (Å²) in [5.41, 5.74) is 3.41. The number of ether oxygens (including phenoxy) is 1. The molecule has 0 spiro atoms. The van der Waals surface area contributed by atoms with Crippen molar-refractivity contribution in [2.75, 3.05) is 33.3 Å². The summed E-state index contributed by atoms with van der Waals surface area (Å²) < 4.78 is 4.84. The van der Waals surface area contributed by atoms with Crippen LogP contribution >= 0.6 is 0 Å². The number of aliphatic hydroxyl groups is 1.